The lowest BCUT2D eigenvalue weighted by atomic mass is 9.90. The van der Waals surface area contributed by atoms with E-state index in [1.165, 1.54) is 32.3 Å². The molecule has 0 saturated heterocycles. The predicted molar refractivity (Wildman–Crippen MR) is 240 cm³/mol. The smallest absolute Gasteiger partial charge is 0.164 e. The van der Waals surface area contributed by atoms with Crippen molar-refractivity contribution in [2.75, 3.05) is 0 Å². The number of hydrogen-bond acceptors (Lipinski definition) is 4. The van der Waals surface area contributed by atoms with Gasteiger partial charge < -0.3 is 0 Å². The van der Waals surface area contributed by atoms with Gasteiger partial charge in [0.25, 0.3) is 0 Å². The molecule has 0 aliphatic heterocycles. The van der Waals surface area contributed by atoms with Crippen LogP contribution in [-0.2, 0) is 0 Å². The highest BCUT2D eigenvalue weighted by atomic mass is 15.0. The number of hydrogen-bond donors (Lipinski definition) is 0. The Labute approximate surface area is 335 Å². The van der Waals surface area contributed by atoms with E-state index in [1.807, 2.05) is 72.9 Å². The van der Waals surface area contributed by atoms with Crippen LogP contribution in [0.2, 0.25) is 0 Å². The van der Waals surface area contributed by atoms with Crippen molar-refractivity contribution in [2.24, 2.45) is 0 Å². The minimum atomic E-state index is 0.615. The van der Waals surface area contributed by atoms with Crippen LogP contribution in [0.4, 0.5) is 0 Å². The normalized spacial score (nSPS) is 11.4. The second kappa shape index (κ2) is 14.0. The summed E-state index contributed by atoms with van der Waals surface area (Å²) in [6, 6.07) is 70.7. The van der Waals surface area contributed by atoms with Gasteiger partial charge in [-0.25, -0.2) is 15.0 Å². The summed E-state index contributed by atoms with van der Waals surface area (Å²) in [4.78, 5) is 20.0. The molecular formula is C54H34N4. The molecule has 0 radical (unpaired) electrons. The summed E-state index contributed by atoms with van der Waals surface area (Å²) >= 11 is 0. The minimum absolute atomic E-state index is 0.615. The fourth-order valence-electron chi connectivity index (χ4n) is 8.34. The molecule has 0 saturated carbocycles. The zero-order valence-electron chi connectivity index (χ0n) is 31.4. The molecule has 9 aromatic carbocycles. The lowest BCUT2D eigenvalue weighted by Gasteiger charge is -2.15. The molecule has 0 bridgehead atoms. The van der Waals surface area contributed by atoms with E-state index in [9.17, 15) is 0 Å². The fraction of sp³-hybridized carbons (Fsp3) is 0. The van der Waals surface area contributed by atoms with Crippen molar-refractivity contribution < 1.29 is 0 Å². The maximum atomic E-state index is 5.16. The molecule has 0 spiro atoms. The maximum Gasteiger partial charge on any atom is 0.164 e. The molecule has 58 heavy (non-hydrogen) atoms. The van der Waals surface area contributed by atoms with Crippen molar-refractivity contribution in [3.8, 4) is 67.5 Å². The molecule has 11 rings (SSSR count). The molecule has 0 atom stereocenters. The van der Waals surface area contributed by atoms with Gasteiger partial charge >= 0.3 is 0 Å². The summed E-state index contributed by atoms with van der Waals surface area (Å²) in [6.07, 6.45) is 1.85. The molecule has 0 fully saturated rings. The highest BCUT2D eigenvalue weighted by Gasteiger charge is 2.17. The van der Waals surface area contributed by atoms with E-state index in [0.717, 1.165) is 61.0 Å². The van der Waals surface area contributed by atoms with E-state index in [4.69, 9.17) is 15.0 Å². The standard InChI is InChI=1S/C54H34N4/c1-3-14-35(15-4-1)52-56-53(36-16-5-2-6-17-36)58-54(57-52)42-32-40(37-18-11-19-39(30-37)43-24-12-26-51-49(43)25-13-29-55-51)31-41(33-42)38-27-28-48-46-22-8-7-20-44(46)45-21-9-10-23-47(45)50(48)34-38/h1-34H. The lowest BCUT2D eigenvalue weighted by Crippen LogP contribution is -2.00. The molecule has 0 aliphatic carbocycles. The van der Waals surface area contributed by atoms with Crippen molar-refractivity contribution >= 4 is 43.2 Å². The second-order valence-electron chi connectivity index (χ2n) is 14.6. The van der Waals surface area contributed by atoms with Crippen molar-refractivity contribution in [3.05, 3.63) is 206 Å². The highest BCUT2D eigenvalue weighted by molar-refractivity contribution is 6.25. The molecule has 0 N–H and O–H groups in total. The van der Waals surface area contributed by atoms with Crippen LogP contribution in [0.5, 0.6) is 0 Å². The second-order valence-corrected chi connectivity index (χ2v) is 14.6. The zero-order chi connectivity index (χ0) is 38.4. The first-order chi connectivity index (χ1) is 28.7. The van der Waals surface area contributed by atoms with E-state index < -0.39 is 0 Å². The first kappa shape index (κ1) is 33.5. The SMILES string of the molecule is c1ccc(-c2nc(-c3ccccc3)nc(-c3cc(-c4cccc(-c5cccc6ncccc56)c4)cc(-c4ccc5c6ccccc6c6ccccc6c5c4)c3)n2)cc1. The van der Waals surface area contributed by atoms with E-state index in [2.05, 4.69) is 138 Å². The Morgan fingerprint density at radius 2 is 0.690 bits per heavy atom. The van der Waals surface area contributed by atoms with Crippen LogP contribution in [0.25, 0.3) is 111 Å². The third-order valence-electron chi connectivity index (χ3n) is 11.1. The topological polar surface area (TPSA) is 51.6 Å². The van der Waals surface area contributed by atoms with E-state index in [1.54, 1.807) is 0 Å². The van der Waals surface area contributed by atoms with Crippen LogP contribution < -0.4 is 0 Å². The van der Waals surface area contributed by atoms with Gasteiger partial charge in [0, 0.05) is 28.3 Å². The van der Waals surface area contributed by atoms with Gasteiger partial charge in [-0.05, 0) is 108 Å². The zero-order valence-corrected chi connectivity index (χ0v) is 31.4. The summed E-state index contributed by atoms with van der Waals surface area (Å²) in [7, 11) is 0. The number of benzene rings is 9. The first-order valence-corrected chi connectivity index (χ1v) is 19.5. The van der Waals surface area contributed by atoms with Gasteiger partial charge in [-0.3, -0.25) is 4.98 Å². The van der Waals surface area contributed by atoms with E-state index >= 15 is 0 Å². The number of rotatable bonds is 6. The quantitative estimate of drug-likeness (QED) is 0.159. The fourth-order valence-corrected chi connectivity index (χ4v) is 8.34. The number of pyridine rings is 1. The van der Waals surface area contributed by atoms with Crippen molar-refractivity contribution in [1.29, 1.82) is 0 Å². The average molecular weight is 739 g/mol. The Morgan fingerprint density at radius 1 is 0.241 bits per heavy atom. The van der Waals surface area contributed by atoms with Crippen LogP contribution in [0, 0.1) is 0 Å². The van der Waals surface area contributed by atoms with Crippen molar-refractivity contribution in [3.63, 3.8) is 0 Å². The largest absolute Gasteiger partial charge is 0.256 e. The third kappa shape index (κ3) is 5.96. The van der Waals surface area contributed by atoms with Gasteiger partial charge in [-0.1, -0.05) is 158 Å². The number of aromatic nitrogens is 4. The summed E-state index contributed by atoms with van der Waals surface area (Å²) in [5.74, 6) is 1.88. The monoisotopic (exact) mass is 738 g/mol. The Hall–Kier alpha value is -7.82. The maximum absolute atomic E-state index is 5.16. The Morgan fingerprint density at radius 3 is 1.33 bits per heavy atom. The van der Waals surface area contributed by atoms with Crippen LogP contribution in [0.3, 0.4) is 0 Å². The molecule has 11 aromatic rings. The van der Waals surface area contributed by atoms with Crippen molar-refractivity contribution in [2.45, 2.75) is 0 Å². The van der Waals surface area contributed by atoms with Gasteiger partial charge in [-0.15, -0.1) is 0 Å². The number of fused-ring (bicyclic) bond motifs is 7. The molecule has 0 amide bonds. The predicted octanol–water partition coefficient (Wildman–Crippen LogP) is 13.9. The van der Waals surface area contributed by atoms with Crippen LogP contribution in [-0.4, -0.2) is 19.9 Å². The first-order valence-electron chi connectivity index (χ1n) is 19.5. The van der Waals surface area contributed by atoms with Gasteiger partial charge in [0.05, 0.1) is 5.52 Å². The Balaban J connectivity index is 1.15. The molecule has 270 valence electrons. The van der Waals surface area contributed by atoms with Gasteiger partial charge in [0.15, 0.2) is 17.5 Å². The Kier molecular flexibility index (Phi) is 8.11. The summed E-state index contributed by atoms with van der Waals surface area (Å²) in [5, 5.41) is 8.60. The molecule has 4 nitrogen and oxygen atoms in total. The highest BCUT2D eigenvalue weighted by Crippen LogP contribution is 2.40. The average Bonchev–Trinajstić information content (AvgIpc) is 3.31. The molecule has 2 aromatic heterocycles. The number of nitrogens with zero attached hydrogens (tertiary/aromatic N) is 4. The van der Waals surface area contributed by atoms with Crippen LogP contribution in [0.15, 0.2) is 206 Å². The molecule has 4 heteroatoms. The molecule has 2 heterocycles. The van der Waals surface area contributed by atoms with E-state index in [0.29, 0.717) is 17.5 Å². The minimum Gasteiger partial charge on any atom is -0.256 e. The van der Waals surface area contributed by atoms with Gasteiger partial charge in [-0.2, -0.15) is 0 Å². The molecule has 0 aliphatic rings. The lowest BCUT2D eigenvalue weighted by molar-refractivity contribution is 1.07. The van der Waals surface area contributed by atoms with Gasteiger partial charge in [0.2, 0.25) is 0 Å². The molecular weight excluding hydrogens is 705 g/mol. The van der Waals surface area contributed by atoms with Crippen LogP contribution in [0.1, 0.15) is 0 Å². The van der Waals surface area contributed by atoms with Crippen molar-refractivity contribution in [1.82, 2.24) is 19.9 Å². The third-order valence-corrected chi connectivity index (χ3v) is 11.1. The summed E-state index contributed by atoms with van der Waals surface area (Å²) < 4.78 is 0. The summed E-state index contributed by atoms with van der Waals surface area (Å²) in [5.41, 5.74) is 10.4. The van der Waals surface area contributed by atoms with Gasteiger partial charge in [0.1, 0.15) is 0 Å². The van der Waals surface area contributed by atoms with Crippen LogP contribution >= 0.6 is 0 Å². The van der Waals surface area contributed by atoms with E-state index in [-0.39, 0.29) is 0 Å². The Bertz CT molecular complexity index is 3240. The summed E-state index contributed by atoms with van der Waals surface area (Å²) in [6.45, 7) is 0. The molecule has 0 unspecified atom stereocenters.